The Balaban J connectivity index is 1.19. The van der Waals surface area contributed by atoms with E-state index in [1.165, 1.54) is 5.56 Å². The van der Waals surface area contributed by atoms with E-state index in [0.29, 0.717) is 12.5 Å². The standard InChI is InChI=1S/C27H28N4O/c1-19-11-12-24-25(17-19)30-27(29-24)21-13-15-31(16-14-21)18-26(32)28-23-10-6-5-9-22(23)20-7-3-2-4-8-20/h2-12,17,21H,13-16,18H2,1H3,(H,28,32)(H,29,30). The van der Waals surface area contributed by atoms with Crippen molar-refractivity contribution in [3.8, 4) is 11.1 Å². The quantitative estimate of drug-likeness (QED) is 0.454. The Labute approximate surface area is 188 Å². The minimum absolute atomic E-state index is 0.0334. The molecule has 3 aromatic carbocycles. The van der Waals surface area contributed by atoms with Crippen molar-refractivity contribution in [2.24, 2.45) is 0 Å². The highest BCUT2D eigenvalue weighted by molar-refractivity contribution is 5.96. The molecule has 2 heterocycles. The molecule has 0 spiro atoms. The van der Waals surface area contributed by atoms with Gasteiger partial charge >= 0.3 is 0 Å². The summed E-state index contributed by atoms with van der Waals surface area (Å²) in [6, 6.07) is 24.5. The second kappa shape index (κ2) is 8.97. The molecule has 0 bridgehead atoms. The minimum Gasteiger partial charge on any atom is -0.342 e. The predicted molar refractivity (Wildman–Crippen MR) is 130 cm³/mol. The maximum absolute atomic E-state index is 12.8. The monoisotopic (exact) mass is 424 g/mol. The number of imidazole rings is 1. The van der Waals surface area contributed by atoms with E-state index in [9.17, 15) is 4.79 Å². The van der Waals surface area contributed by atoms with Crippen molar-refractivity contribution in [1.82, 2.24) is 14.9 Å². The number of carbonyl (C=O) groups excluding carboxylic acids is 1. The Morgan fingerprint density at radius 1 is 1.03 bits per heavy atom. The first-order chi connectivity index (χ1) is 15.7. The number of nitrogens with one attached hydrogen (secondary N) is 2. The molecule has 1 amide bonds. The van der Waals surface area contributed by atoms with Crippen molar-refractivity contribution in [3.05, 3.63) is 84.2 Å². The van der Waals surface area contributed by atoms with Crippen LogP contribution in [0.4, 0.5) is 5.69 Å². The third kappa shape index (κ3) is 4.43. The van der Waals surface area contributed by atoms with Gasteiger partial charge in [0, 0.05) is 17.2 Å². The van der Waals surface area contributed by atoms with Crippen molar-refractivity contribution in [3.63, 3.8) is 0 Å². The smallest absolute Gasteiger partial charge is 0.238 e. The van der Waals surface area contributed by atoms with Crippen LogP contribution >= 0.6 is 0 Å². The number of H-pyrrole nitrogens is 1. The van der Waals surface area contributed by atoms with Gasteiger partial charge in [0.05, 0.1) is 17.6 Å². The molecule has 162 valence electrons. The first-order valence-corrected chi connectivity index (χ1v) is 11.3. The molecule has 2 N–H and O–H groups in total. The van der Waals surface area contributed by atoms with E-state index < -0.39 is 0 Å². The first kappa shape index (κ1) is 20.5. The van der Waals surface area contributed by atoms with Crippen LogP contribution in [0.3, 0.4) is 0 Å². The molecule has 5 heteroatoms. The number of carbonyl (C=O) groups is 1. The number of rotatable bonds is 5. The van der Waals surface area contributed by atoms with E-state index in [4.69, 9.17) is 4.98 Å². The lowest BCUT2D eigenvalue weighted by Gasteiger charge is -2.30. The molecule has 0 aliphatic carbocycles. The van der Waals surface area contributed by atoms with Crippen LogP contribution in [-0.2, 0) is 4.79 Å². The average Bonchev–Trinajstić information content (AvgIpc) is 3.23. The summed E-state index contributed by atoms with van der Waals surface area (Å²) in [4.78, 5) is 23.4. The van der Waals surface area contributed by atoms with E-state index in [1.54, 1.807) is 0 Å². The van der Waals surface area contributed by atoms with Gasteiger partial charge in [-0.3, -0.25) is 9.69 Å². The molecular formula is C27H28N4O. The second-order valence-electron chi connectivity index (χ2n) is 8.65. The topological polar surface area (TPSA) is 61.0 Å². The molecule has 0 atom stereocenters. The van der Waals surface area contributed by atoms with Crippen LogP contribution in [0.1, 0.15) is 30.1 Å². The largest absolute Gasteiger partial charge is 0.342 e. The highest BCUT2D eigenvalue weighted by atomic mass is 16.2. The number of aromatic nitrogens is 2. The van der Waals surface area contributed by atoms with Gasteiger partial charge in [0.2, 0.25) is 5.91 Å². The molecule has 0 radical (unpaired) electrons. The number of fused-ring (bicyclic) bond motifs is 1. The molecule has 32 heavy (non-hydrogen) atoms. The number of hydrogen-bond donors (Lipinski definition) is 2. The maximum atomic E-state index is 12.8. The Morgan fingerprint density at radius 3 is 2.59 bits per heavy atom. The zero-order chi connectivity index (χ0) is 21.9. The zero-order valence-corrected chi connectivity index (χ0v) is 18.3. The lowest BCUT2D eigenvalue weighted by molar-refractivity contribution is -0.117. The van der Waals surface area contributed by atoms with Crippen LogP contribution in [0.5, 0.6) is 0 Å². The summed E-state index contributed by atoms with van der Waals surface area (Å²) in [5.41, 5.74) is 6.37. The summed E-state index contributed by atoms with van der Waals surface area (Å²) in [6.45, 7) is 4.30. The van der Waals surface area contributed by atoms with Gasteiger partial charge in [-0.05, 0) is 62.2 Å². The number of hydrogen-bond acceptors (Lipinski definition) is 3. The molecule has 1 saturated heterocycles. The molecule has 1 fully saturated rings. The highest BCUT2D eigenvalue weighted by Gasteiger charge is 2.24. The Hall–Kier alpha value is -3.44. The van der Waals surface area contributed by atoms with Gasteiger partial charge in [0.25, 0.3) is 0 Å². The van der Waals surface area contributed by atoms with E-state index in [-0.39, 0.29) is 5.91 Å². The molecule has 5 rings (SSSR count). The van der Waals surface area contributed by atoms with Gasteiger partial charge in [-0.15, -0.1) is 0 Å². The van der Waals surface area contributed by atoms with E-state index >= 15 is 0 Å². The van der Waals surface area contributed by atoms with Crippen molar-refractivity contribution in [2.45, 2.75) is 25.7 Å². The van der Waals surface area contributed by atoms with Gasteiger partial charge in [-0.2, -0.15) is 0 Å². The number of amides is 1. The second-order valence-corrected chi connectivity index (χ2v) is 8.65. The fourth-order valence-corrected chi connectivity index (χ4v) is 4.55. The van der Waals surface area contributed by atoms with Gasteiger partial charge in [-0.25, -0.2) is 4.98 Å². The van der Waals surface area contributed by atoms with Crippen LogP contribution in [0, 0.1) is 6.92 Å². The normalized spacial score (nSPS) is 15.2. The van der Waals surface area contributed by atoms with Crippen LogP contribution in [-0.4, -0.2) is 40.4 Å². The number of benzene rings is 3. The first-order valence-electron chi connectivity index (χ1n) is 11.3. The SMILES string of the molecule is Cc1ccc2[nH]c(C3CCN(CC(=O)Nc4ccccc4-c4ccccc4)CC3)nc2c1. The van der Waals surface area contributed by atoms with Crippen LogP contribution < -0.4 is 5.32 Å². The summed E-state index contributed by atoms with van der Waals surface area (Å²) in [7, 11) is 0. The summed E-state index contributed by atoms with van der Waals surface area (Å²) >= 11 is 0. The number of piperidine rings is 1. The Bertz CT molecular complexity index is 1220. The molecule has 1 aliphatic heterocycles. The van der Waals surface area contributed by atoms with Gasteiger partial charge in [0.1, 0.15) is 5.82 Å². The Kier molecular flexibility index (Phi) is 5.73. The number of nitrogens with zero attached hydrogens (tertiary/aromatic N) is 2. The fraction of sp³-hybridized carbons (Fsp3) is 0.259. The molecule has 0 unspecified atom stereocenters. The predicted octanol–water partition coefficient (Wildman–Crippen LogP) is 5.36. The minimum atomic E-state index is 0.0334. The summed E-state index contributed by atoms with van der Waals surface area (Å²) in [5, 5.41) is 3.12. The van der Waals surface area contributed by atoms with E-state index in [1.807, 2.05) is 42.5 Å². The van der Waals surface area contributed by atoms with Gasteiger partial charge in [0.15, 0.2) is 0 Å². The number of aryl methyl sites for hydroxylation is 1. The molecule has 4 aromatic rings. The summed E-state index contributed by atoms with van der Waals surface area (Å²) in [5.74, 6) is 1.53. The lowest BCUT2D eigenvalue weighted by Crippen LogP contribution is -2.39. The van der Waals surface area contributed by atoms with Crippen molar-refractivity contribution in [2.75, 3.05) is 25.0 Å². The number of para-hydroxylation sites is 1. The molecule has 1 aliphatic rings. The van der Waals surface area contributed by atoms with Crippen LogP contribution in [0.15, 0.2) is 72.8 Å². The highest BCUT2D eigenvalue weighted by Crippen LogP contribution is 2.29. The van der Waals surface area contributed by atoms with Crippen molar-refractivity contribution < 1.29 is 4.79 Å². The average molecular weight is 425 g/mol. The molecular weight excluding hydrogens is 396 g/mol. The summed E-state index contributed by atoms with van der Waals surface area (Å²) in [6.07, 6.45) is 2.01. The van der Waals surface area contributed by atoms with E-state index in [2.05, 4.69) is 52.5 Å². The van der Waals surface area contributed by atoms with Gasteiger partial charge in [-0.1, -0.05) is 54.6 Å². The molecule has 1 aromatic heterocycles. The third-order valence-corrected chi connectivity index (χ3v) is 6.28. The van der Waals surface area contributed by atoms with Crippen molar-refractivity contribution in [1.29, 1.82) is 0 Å². The van der Waals surface area contributed by atoms with Crippen LogP contribution in [0.2, 0.25) is 0 Å². The number of anilines is 1. The molecule has 0 saturated carbocycles. The zero-order valence-electron chi connectivity index (χ0n) is 18.3. The Morgan fingerprint density at radius 2 is 1.78 bits per heavy atom. The molecule has 5 nitrogen and oxygen atoms in total. The third-order valence-electron chi connectivity index (χ3n) is 6.28. The lowest BCUT2D eigenvalue weighted by atomic mass is 9.96. The number of likely N-dealkylation sites (tertiary alicyclic amines) is 1. The number of aromatic amines is 1. The van der Waals surface area contributed by atoms with Gasteiger partial charge < -0.3 is 10.3 Å². The van der Waals surface area contributed by atoms with E-state index in [0.717, 1.165) is 59.6 Å². The maximum Gasteiger partial charge on any atom is 0.238 e. The van der Waals surface area contributed by atoms with Crippen LogP contribution in [0.25, 0.3) is 22.2 Å². The van der Waals surface area contributed by atoms with Crippen molar-refractivity contribution >= 4 is 22.6 Å². The fourth-order valence-electron chi connectivity index (χ4n) is 4.55. The summed E-state index contributed by atoms with van der Waals surface area (Å²) < 4.78 is 0.